The molecule has 0 aromatic rings. The van der Waals surface area contributed by atoms with Crippen LogP contribution in [0.5, 0.6) is 0 Å². The maximum atomic E-state index is 10.5. The minimum absolute atomic E-state index is 0.0752. The van der Waals surface area contributed by atoms with Crippen molar-refractivity contribution in [1.82, 2.24) is 5.32 Å². The molecule has 3 N–H and O–H groups in total. The van der Waals surface area contributed by atoms with E-state index in [1.807, 2.05) is 0 Å². The van der Waals surface area contributed by atoms with Crippen molar-refractivity contribution in [3.63, 3.8) is 0 Å². The number of nitrogens with zero attached hydrogens (tertiary/aromatic N) is 1. The Morgan fingerprint density at radius 3 is 3.15 bits per heavy atom. The van der Waals surface area contributed by atoms with E-state index >= 15 is 0 Å². The molecule has 0 bridgehead atoms. The van der Waals surface area contributed by atoms with E-state index < -0.39 is 6.09 Å². The zero-order valence-corrected chi connectivity index (χ0v) is 7.32. The quantitative estimate of drug-likeness (QED) is 0.629. The maximum Gasteiger partial charge on any atom is 0.404 e. The molecule has 1 saturated heterocycles. The van der Waals surface area contributed by atoms with Gasteiger partial charge in [-0.1, -0.05) is 0 Å². The molecular formula is C8H13N3O2. The number of carbonyl (C=O) groups is 1. The average molecular weight is 183 g/mol. The minimum atomic E-state index is -0.755. The summed E-state index contributed by atoms with van der Waals surface area (Å²) in [5, 5.41) is 11.7. The van der Waals surface area contributed by atoms with Gasteiger partial charge in [0.05, 0.1) is 6.07 Å². The van der Waals surface area contributed by atoms with Gasteiger partial charge in [-0.2, -0.15) is 5.26 Å². The highest BCUT2D eigenvalue weighted by atomic mass is 16.6. The van der Waals surface area contributed by atoms with E-state index in [4.69, 9.17) is 15.7 Å². The molecule has 5 nitrogen and oxygen atoms in total. The van der Waals surface area contributed by atoms with Crippen molar-refractivity contribution in [2.45, 2.75) is 18.9 Å². The molecule has 0 aromatic heterocycles. The van der Waals surface area contributed by atoms with Gasteiger partial charge >= 0.3 is 6.09 Å². The Kier molecular flexibility index (Phi) is 3.53. The van der Waals surface area contributed by atoms with Crippen molar-refractivity contribution in [3.05, 3.63) is 0 Å². The minimum Gasteiger partial charge on any atom is -0.446 e. The van der Waals surface area contributed by atoms with Crippen molar-refractivity contribution in [2.75, 3.05) is 13.1 Å². The molecule has 0 aliphatic carbocycles. The summed E-state index contributed by atoms with van der Waals surface area (Å²) in [6.07, 6.45) is 0.175. The first-order chi connectivity index (χ1) is 6.24. The molecular weight excluding hydrogens is 170 g/mol. The summed E-state index contributed by atoms with van der Waals surface area (Å²) < 4.78 is 4.90. The second-order valence-electron chi connectivity index (χ2n) is 3.09. The highest BCUT2D eigenvalue weighted by Gasteiger charge is 2.27. The second-order valence-corrected chi connectivity index (χ2v) is 3.09. The number of nitrogens with two attached hydrogens (primary N) is 1. The van der Waals surface area contributed by atoms with Crippen LogP contribution < -0.4 is 11.1 Å². The third-order valence-corrected chi connectivity index (χ3v) is 2.16. The van der Waals surface area contributed by atoms with Gasteiger partial charge in [0, 0.05) is 18.9 Å². The van der Waals surface area contributed by atoms with Crippen molar-refractivity contribution >= 4 is 6.09 Å². The SMILES string of the molecule is N#CC[C@H]1CNCC[C@@H]1OC(N)=O. The predicted octanol–water partition coefficient (Wildman–Crippen LogP) is -0.0265. The number of hydrogen-bond donors (Lipinski definition) is 2. The van der Waals surface area contributed by atoms with E-state index in [0.29, 0.717) is 13.0 Å². The van der Waals surface area contributed by atoms with Gasteiger partial charge in [-0.3, -0.25) is 0 Å². The Bertz CT molecular complexity index is 224. The highest BCUT2D eigenvalue weighted by Crippen LogP contribution is 2.17. The summed E-state index contributed by atoms with van der Waals surface area (Å²) in [5.41, 5.74) is 4.92. The number of ether oxygens (including phenoxy) is 1. The van der Waals surface area contributed by atoms with Crippen LogP contribution in [-0.2, 0) is 4.74 Å². The lowest BCUT2D eigenvalue weighted by molar-refractivity contribution is 0.0510. The van der Waals surface area contributed by atoms with Crippen LogP contribution in [0.1, 0.15) is 12.8 Å². The first kappa shape index (κ1) is 9.81. The largest absolute Gasteiger partial charge is 0.446 e. The molecule has 72 valence electrons. The van der Waals surface area contributed by atoms with Crippen molar-refractivity contribution < 1.29 is 9.53 Å². The molecule has 0 aromatic carbocycles. The van der Waals surface area contributed by atoms with Crippen LogP contribution in [0, 0.1) is 17.2 Å². The molecule has 1 aliphatic rings. The molecule has 1 rings (SSSR count). The predicted molar refractivity (Wildman–Crippen MR) is 45.7 cm³/mol. The number of hydrogen-bond acceptors (Lipinski definition) is 4. The molecule has 1 amide bonds. The number of amides is 1. The molecule has 1 aliphatic heterocycles. The molecule has 5 heteroatoms. The summed E-state index contributed by atoms with van der Waals surface area (Å²) in [6.45, 7) is 1.52. The zero-order chi connectivity index (χ0) is 9.68. The average Bonchev–Trinajstić information content (AvgIpc) is 2.08. The van der Waals surface area contributed by atoms with Crippen LogP contribution in [-0.4, -0.2) is 25.3 Å². The van der Waals surface area contributed by atoms with Gasteiger partial charge in [-0.05, 0) is 13.0 Å². The van der Waals surface area contributed by atoms with Gasteiger partial charge in [0.15, 0.2) is 0 Å². The second kappa shape index (κ2) is 4.67. The van der Waals surface area contributed by atoms with Gasteiger partial charge in [0.25, 0.3) is 0 Å². The Morgan fingerprint density at radius 2 is 2.54 bits per heavy atom. The fourth-order valence-electron chi connectivity index (χ4n) is 1.52. The normalized spacial score (nSPS) is 27.6. The van der Waals surface area contributed by atoms with Crippen LogP contribution in [0.2, 0.25) is 0 Å². The van der Waals surface area contributed by atoms with Crippen LogP contribution in [0.3, 0.4) is 0 Å². The molecule has 2 atom stereocenters. The number of rotatable bonds is 2. The third kappa shape index (κ3) is 2.92. The third-order valence-electron chi connectivity index (χ3n) is 2.16. The van der Waals surface area contributed by atoms with E-state index in [0.717, 1.165) is 13.0 Å². The maximum absolute atomic E-state index is 10.5. The lowest BCUT2D eigenvalue weighted by atomic mass is 9.93. The number of nitrogens with one attached hydrogen (secondary N) is 1. The standard InChI is InChI=1S/C8H13N3O2/c9-3-1-6-5-11-4-2-7(6)13-8(10)12/h6-7,11H,1-2,4-5H2,(H2,10,12)/t6-,7-/m0/s1. The molecule has 0 spiro atoms. The monoisotopic (exact) mass is 183 g/mol. The van der Waals surface area contributed by atoms with Gasteiger partial charge in [-0.25, -0.2) is 4.79 Å². The van der Waals surface area contributed by atoms with Crippen LogP contribution in [0.4, 0.5) is 4.79 Å². The van der Waals surface area contributed by atoms with Crippen molar-refractivity contribution in [1.29, 1.82) is 5.26 Å². The molecule has 13 heavy (non-hydrogen) atoms. The van der Waals surface area contributed by atoms with Crippen molar-refractivity contribution in [2.24, 2.45) is 11.7 Å². The number of nitriles is 1. The summed E-state index contributed by atoms with van der Waals surface area (Å²) in [5.74, 6) is 0.0752. The Morgan fingerprint density at radius 1 is 1.77 bits per heavy atom. The summed E-state index contributed by atoms with van der Waals surface area (Å²) in [4.78, 5) is 10.5. The molecule has 0 unspecified atom stereocenters. The van der Waals surface area contributed by atoms with Crippen LogP contribution in [0.15, 0.2) is 0 Å². The van der Waals surface area contributed by atoms with Gasteiger partial charge in [0.1, 0.15) is 6.10 Å². The van der Waals surface area contributed by atoms with E-state index in [-0.39, 0.29) is 12.0 Å². The van der Waals surface area contributed by atoms with E-state index in [9.17, 15) is 4.79 Å². The molecule has 0 radical (unpaired) electrons. The first-order valence-electron chi connectivity index (χ1n) is 4.27. The molecule has 1 heterocycles. The zero-order valence-electron chi connectivity index (χ0n) is 7.32. The van der Waals surface area contributed by atoms with Crippen LogP contribution in [0.25, 0.3) is 0 Å². The first-order valence-corrected chi connectivity index (χ1v) is 4.27. The summed E-state index contributed by atoms with van der Waals surface area (Å²) >= 11 is 0. The van der Waals surface area contributed by atoms with Crippen molar-refractivity contribution in [3.8, 4) is 6.07 Å². The van der Waals surface area contributed by atoms with Gasteiger partial charge in [0.2, 0.25) is 0 Å². The van der Waals surface area contributed by atoms with Crippen LogP contribution >= 0.6 is 0 Å². The summed E-state index contributed by atoms with van der Waals surface area (Å²) in [7, 11) is 0. The fraction of sp³-hybridized carbons (Fsp3) is 0.750. The smallest absolute Gasteiger partial charge is 0.404 e. The lowest BCUT2D eigenvalue weighted by Gasteiger charge is -2.29. The summed E-state index contributed by atoms with van der Waals surface area (Å²) in [6, 6.07) is 2.07. The van der Waals surface area contributed by atoms with E-state index in [1.54, 1.807) is 0 Å². The lowest BCUT2D eigenvalue weighted by Crippen LogP contribution is -2.42. The fourth-order valence-corrected chi connectivity index (χ4v) is 1.52. The molecule has 1 fully saturated rings. The van der Waals surface area contributed by atoms with E-state index in [2.05, 4.69) is 11.4 Å². The Balaban J connectivity index is 2.47. The van der Waals surface area contributed by atoms with E-state index in [1.165, 1.54) is 0 Å². The highest BCUT2D eigenvalue weighted by molar-refractivity contribution is 5.64. The number of primary amides is 1. The number of piperidine rings is 1. The van der Waals surface area contributed by atoms with Gasteiger partial charge < -0.3 is 15.8 Å². The van der Waals surface area contributed by atoms with Gasteiger partial charge in [-0.15, -0.1) is 0 Å². The Hall–Kier alpha value is -1.28. The molecule has 0 saturated carbocycles. The Labute approximate surface area is 76.8 Å². The topological polar surface area (TPSA) is 88.1 Å². The number of carbonyl (C=O) groups excluding carboxylic acids is 1.